The quantitative estimate of drug-likeness (QED) is 0.791. The van der Waals surface area contributed by atoms with Crippen LogP contribution in [-0.2, 0) is 16.1 Å². The highest BCUT2D eigenvalue weighted by Crippen LogP contribution is 2.19. The average Bonchev–Trinajstić information content (AvgIpc) is 2.60. The third-order valence-electron chi connectivity index (χ3n) is 4.32. The fourth-order valence-electron chi connectivity index (χ4n) is 2.80. The second-order valence-corrected chi connectivity index (χ2v) is 7.30. The number of anilines is 1. The highest BCUT2D eigenvalue weighted by Gasteiger charge is 2.15. The molecule has 0 heterocycles. The van der Waals surface area contributed by atoms with Crippen LogP contribution in [0.5, 0.6) is 0 Å². The zero-order chi connectivity index (χ0) is 20.0. The Labute approximate surface area is 165 Å². The van der Waals surface area contributed by atoms with Crippen molar-refractivity contribution in [3.8, 4) is 0 Å². The minimum absolute atomic E-state index is 0.0488. The maximum Gasteiger partial charge on any atom is 0.238 e. The summed E-state index contributed by atoms with van der Waals surface area (Å²) >= 11 is 5.88. The number of likely N-dealkylation sites (N-methyl/N-ethyl adjacent to an activating group) is 2. The molecule has 0 unspecified atom stereocenters. The van der Waals surface area contributed by atoms with Gasteiger partial charge in [0.05, 0.1) is 13.1 Å². The molecular weight excluding hydrogens is 362 g/mol. The van der Waals surface area contributed by atoms with Crippen molar-refractivity contribution in [1.29, 1.82) is 0 Å². The molecule has 0 spiro atoms. The number of hydrogen-bond acceptors (Lipinski definition) is 3. The van der Waals surface area contributed by atoms with Crippen LogP contribution in [0.4, 0.5) is 5.69 Å². The van der Waals surface area contributed by atoms with Gasteiger partial charge in [-0.05, 0) is 49.7 Å². The number of para-hydroxylation sites is 1. The molecule has 144 valence electrons. The maximum absolute atomic E-state index is 12.4. The predicted molar refractivity (Wildman–Crippen MR) is 110 cm³/mol. The largest absolute Gasteiger partial charge is 0.340 e. The zero-order valence-corrected chi connectivity index (χ0v) is 17.0. The van der Waals surface area contributed by atoms with Crippen LogP contribution in [0.2, 0.25) is 5.02 Å². The topological polar surface area (TPSA) is 52.7 Å². The normalized spacial score (nSPS) is 10.7. The van der Waals surface area contributed by atoms with Gasteiger partial charge in [0.25, 0.3) is 0 Å². The van der Waals surface area contributed by atoms with Gasteiger partial charge in [-0.15, -0.1) is 0 Å². The third-order valence-corrected chi connectivity index (χ3v) is 4.57. The van der Waals surface area contributed by atoms with Gasteiger partial charge in [-0.3, -0.25) is 14.5 Å². The maximum atomic E-state index is 12.4. The van der Waals surface area contributed by atoms with Gasteiger partial charge in [-0.1, -0.05) is 41.9 Å². The summed E-state index contributed by atoms with van der Waals surface area (Å²) < 4.78 is 0. The second kappa shape index (κ2) is 9.53. The first-order chi connectivity index (χ1) is 12.8. The van der Waals surface area contributed by atoms with E-state index >= 15 is 0 Å². The lowest BCUT2D eigenvalue weighted by molar-refractivity contribution is -0.131. The van der Waals surface area contributed by atoms with Crippen LogP contribution < -0.4 is 5.32 Å². The summed E-state index contributed by atoms with van der Waals surface area (Å²) in [5, 5.41) is 3.61. The van der Waals surface area contributed by atoms with Gasteiger partial charge in [0.15, 0.2) is 0 Å². The lowest BCUT2D eigenvalue weighted by atomic mass is 10.1. The molecule has 2 rings (SSSR count). The van der Waals surface area contributed by atoms with Gasteiger partial charge in [0.1, 0.15) is 0 Å². The van der Waals surface area contributed by atoms with Crippen LogP contribution in [0.15, 0.2) is 42.5 Å². The van der Waals surface area contributed by atoms with E-state index in [1.165, 1.54) is 0 Å². The first kappa shape index (κ1) is 20.9. The highest BCUT2D eigenvalue weighted by atomic mass is 35.5. The van der Waals surface area contributed by atoms with E-state index in [2.05, 4.69) is 5.32 Å². The van der Waals surface area contributed by atoms with Crippen molar-refractivity contribution in [2.75, 3.05) is 32.5 Å². The fourth-order valence-corrected chi connectivity index (χ4v) is 2.92. The Hall–Kier alpha value is -2.37. The summed E-state index contributed by atoms with van der Waals surface area (Å²) in [6, 6.07) is 13.3. The number of aryl methyl sites for hydroxylation is 2. The van der Waals surface area contributed by atoms with Crippen LogP contribution >= 0.6 is 11.6 Å². The molecule has 0 bridgehead atoms. The molecule has 1 N–H and O–H groups in total. The number of halogens is 1. The Kier molecular flexibility index (Phi) is 7.39. The van der Waals surface area contributed by atoms with Crippen molar-refractivity contribution < 1.29 is 9.59 Å². The molecule has 0 aliphatic rings. The molecule has 0 radical (unpaired) electrons. The van der Waals surface area contributed by atoms with E-state index in [1.54, 1.807) is 36.0 Å². The molecule has 0 aliphatic carbocycles. The number of nitrogens with one attached hydrogen (secondary N) is 1. The lowest BCUT2D eigenvalue weighted by Crippen LogP contribution is -2.39. The molecule has 5 nitrogen and oxygen atoms in total. The van der Waals surface area contributed by atoms with Crippen molar-refractivity contribution in [1.82, 2.24) is 9.80 Å². The van der Waals surface area contributed by atoms with E-state index in [0.717, 1.165) is 22.4 Å². The van der Waals surface area contributed by atoms with Crippen molar-refractivity contribution >= 4 is 29.1 Å². The summed E-state index contributed by atoms with van der Waals surface area (Å²) in [4.78, 5) is 28.1. The van der Waals surface area contributed by atoms with Crippen molar-refractivity contribution in [2.24, 2.45) is 0 Å². The van der Waals surface area contributed by atoms with Gasteiger partial charge < -0.3 is 10.2 Å². The van der Waals surface area contributed by atoms with E-state index in [-0.39, 0.29) is 24.9 Å². The predicted octanol–water partition coefficient (Wildman–Crippen LogP) is 3.49. The Morgan fingerprint density at radius 3 is 2.15 bits per heavy atom. The number of benzene rings is 2. The van der Waals surface area contributed by atoms with E-state index in [9.17, 15) is 9.59 Å². The van der Waals surface area contributed by atoms with Gasteiger partial charge >= 0.3 is 0 Å². The molecule has 0 aromatic heterocycles. The molecule has 0 aliphatic heterocycles. The number of carbonyl (C=O) groups is 2. The first-order valence-corrected chi connectivity index (χ1v) is 9.17. The standard InChI is InChI=1S/C21H26ClN3O2/c1-15-6-5-7-16(2)21(15)23-19(26)13-24(3)14-20(27)25(4)12-17-8-10-18(22)11-9-17/h5-11H,12-14H2,1-4H3,(H,23,26). The van der Waals surface area contributed by atoms with Crippen LogP contribution in [0, 0.1) is 13.8 Å². The first-order valence-electron chi connectivity index (χ1n) is 8.79. The third kappa shape index (κ3) is 6.38. The van der Waals surface area contributed by atoms with Crippen LogP contribution in [-0.4, -0.2) is 48.8 Å². The molecule has 27 heavy (non-hydrogen) atoms. The molecule has 0 atom stereocenters. The number of nitrogens with zero attached hydrogens (tertiary/aromatic N) is 2. The second-order valence-electron chi connectivity index (χ2n) is 6.86. The summed E-state index contributed by atoms with van der Waals surface area (Å²) in [5.74, 6) is -0.185. The minimum atomic E-state index is -0.136. The van der Waals surface area contributed by atoms with Gasteiger partial charge in [-0.2, -0.15) is 0 Å². The molecule has 0 saturated heterocycles. The number of amides is 2. The van der Waals surface area contributed by atoms with E-state index < -0.39 is 0 Å². The van der Waals surface area contributed by atoms with Crippen molar-refractivity contribution in [3.63, 3.8) is 0 Å². The smallest absolute Gasteiger partial charge is 0.238 e. The van der Waals surface area contributed by atoms with Crippen LogP contribution in [0.25, 0.3) is 0 Å². The van der Waals surface area contributed by atoms with Gasteiger partial charge in [0, 0.05) is 24.3 Å². The highest BCUT2D eigenvalue weighted by molar-refractivity contribution is 6.30. The van der Waals surface area contributed by atoms with E-state index in [4.69, 9.17) is 11.6 Å². The molecule has 2 amide bonds. The Bertz CT molecular complexity index is 785. The van der Waals surface area contributed by atoms with E-state index in [1.807, 2.05) is 44.2 Å². The molecular formula is C21H26ClN3O2. The Balaban J connectivity index is 1.84. The molecule has 0 saturated carbocycles. The minimum Gasteiger partial charge on any atom is -0.340 e. The molecule has 2 aromatic carbocycles. The lowest BCUT2D eigenvalue weighted by Gasteiger charge is -2.22. The Morgan fingerprint density at radius 2 is 1.56 bits per heavy atom. The van der Waals surface area contributed by atoms with Crippen LogP contribution in [0.1, 0.15) is 16.7 Å². The van der Waals surface area contributed by atoms with Gasteiger partial charge in [-0.25, -0.2) is 0 Å². The molecule has 6 heteroatoms. The average molecular weight is 388 g/mol. The van der Waals surface area contributed by atoms with Crippen molar-refractivity contribution in [3.05, 3.63) is 64.2 Å². The molecule has 2 aromatic rings. The summed E-state index contributed by atoms with van der Waals surface area (Å²) in [7, 11) is 3.51. The molecule has 0 fully saturated rings. The van der Waals surface area contributed by atoms with Gasteiger partial charge in [0.2, 0.25) is 11.8 Å². The monoisotopic (exact) mass is 387 g/mol. The summed E-state index contributed by atoms with van der Waals surface area (Å²) in [5.41, 5.74) is 3.88. The fraction of sp³-hybridized carbons (Fsp3) is 0.333. The summed E-state index contributed by atoms with van der Waals surface area (Å²) in [6.07, 6.45) is 0. The van der Waals surface area contributed by atoms with E-state index in [0.29, 0.717) is 11.6 Å². The SMILES string of the molecule is Cc1cccc(C)c1NC(=O)CN(C)CC(=O)N(C)Cc1ccc(Cl)cc1. The Morgan fingerprint density at radius 1 is 0.963 bits per heavy atom. The number of hydrogen-bond donors (Lipinski definition) is 1. The number of carbonyl (C=O) groups excluding carboxylic acids is 2. The number of rotatable bonds is 7. The van der Waals surface area contributed by atoms with Crippen molar-refractivity contribution in [2.45, 2.75) is 20.4 Å². The summed E-state index contributed by atoms with van der Waals surface area (Å²) in [6.45, 7) is 4.74. The van der Waals surface area contributed by atoms with Crippen LogP contribution in [0.3, 0.4) is 0 Å². The zero-order valence-electron chi connectivity index (χ0n) is 16.3.